The second-order valence-corrected chi connectivity index (χ2v) is 5.97. The van der Waals surface area contributed by atoms with Gasteiger partial charge in [-0.2, -0.15) is 0 Å². The van der Waals surface area contributed by atoms with Crippen molar-refractivity contribution >= 4 is 11.5 Å². The van der Waals surface area contributed by atoms with Crippen LogP contribution in [0, 0.1) is 10.1 Å². The average molecular weight is 373 g/mol. The molecule has 0 aromatic heterocycles. The number of hydrogen-bond donors (Lipinski definition) is 0. The number of Topliss-reactive ketones (excluding diaryl/α,β-unsaturated/α-hetero) is 1. The molecule has 1 aliphatic carbocycles. The van der Waals surface area contributed by atoms with Gasteiger partial charge in [-0.15, -0.1) is 0 Å². The molecule has 2 aromatic carbocycles. The number of benzene rings is 2. The fraction of sp³-hybridized carbons (Fsp3) is 0.316. The lowest BCUT2D eigenvalue weighted by atomic mass is 9.91. The lowest BCUT2D eigenvalue weighted by Crippen LogP contribution is -2.04. The van der Waals surface area contributed by atoms with Crippen LogP contribution in [0.3, 0.4) is 0 Å². The van der Waals surface area contributed by atoms with Gasteiger partial charge in [0.15, 0.2) is 23.0 Å². The topological polar surface area (TPSA) is 97.1 Å². The SMILES string of the molecule is COc1ccc(C2CC(=O)c3cc(OC)c(OC)c(OC)c32)cc1[N+](=O)[O-]. The highest BCUT2D eigenvalue weighted by Crippen LogP contribution is 2.51. The van der Waals surface area contributed by atoms with Crippen LogP contribution in [-0.4, -0.2) is 39.1 Å². The smallest absolute Gasteiger partial charge is 0.311 e. The van der Waals surface area contributed by atoms with Crippen LogP contribution in [0.4, 0.5) is 5.69 Å². The van der Waals surface area contributed by atoms with E-state index in [2.05, 4.69) is 0 Å². The Kier molecular flexibility index (Phi) is 4.89. The first-order valence-electron chi connectivity index (χ1n) is 8.15. The number of ketones is 1. The van der Waals surface area contributed by atoms with Gasteiger partial charge in [-0.3, -0.25) is 14.9 Å². The highest BCUT2D eigenvalue weighted by atomic mass is 16.6. The van der Waals surface area contributed by atoms with Gasteiger partial charge < -0.3 is 18.9 Å². The van der Waals surface area contributed by atoms with Crippen LogP contribution in [-0.2, 0) is 0 Å². The van der Waals surface area contributed by atoms with Crippen LogP contribution in [0.2, 0.25) is 0 Å². The number of carbonyl (C=O) groups is 1. The van der Waals surface area contributed by atoms with E-state index in [0.717, 1.165) is 0 Å². The molecule has 0 saturated heterocycles. The van der Waals surface area contributed by atoms with Crippen LogP contribution in [0.15, 0.2) is 24.3 Å². The minimum atomic E-state index is -0.508. The standard InChI is InChI=1S/C19H19NO7/c1-24-15-6-5-10(7-13(15)20(22)23)11-8-14(21)12-9-16(25-2)18(26-3)19(27-4)17(11)12/h5-7,9,11H,8H2,1-4H3. The van der Waals surface area contributed by atoms with Crippen LogP contribution < -0.4 is 18.9 Å². The van der Waals surface area contributed by atoms with Crippen LogP contribution in [0.25, 0.3) is 0 Å². The highest BCUT2D eigenvalue weighted by Gasteiger charge is 2.37. The van der Waals surface area contributed by atoms with E-state index in [4.69, 9.17) is 18.9 Å². The lowest BCUT2D eigenvalue weighted by molar-refractivity contribution is -0.385. The van der Waals surface area contributed by atoms with E-state index >= 15 is 0 Å². The van der Waals surface area contributed by atoms with Crippen molar-refractivity contribution in [2.45, 2.75) is 12.3 Å². The molecule has 0 amide bonds. The molecule has 0 saturated carbocycles. The van der Waals surface area contributed by atoms with Crippen molar-refractivity contribution in [3.8, 4) is 23.0 Å². The number of rotatable bonds is 6. The summed E-state index contributed by atoms with van der Waals surface area (Å²) in [6.07, 6.45) is 0.172. The summed E-state index contributed by atoms with van der Waals surface area (Å²) in [6.45, 7) is 0. The van der Waals surface area contributed by atoms with Gasteiger partial charge in [0.25, 0.3) is 0 Å². The average Bonchev–Trinajstić information content (AvgIpc) is 3.01. The predicted octanol–water partition coefficient (Wildman–Crippen LogP) is 3.35. The van der Waals surface area contributed by atoms with Gasteiger partial charge in [0.2, 0.25) is 5.75 Å². The van der Waals surface area contributed by atoms with Gasteiger partial charge in [-0.25, -0.2) is 0 Å². The largest absolute Gasteiger partial charge is 0.493 e. The van der Waals surface area contributed by atoms with Crippen LogP contribution in [0.1, 0.15) is 33.8 Å². The van der Waals surface area contributed by atoms with E-state index in [-0.39, 0.29) is 23.6 Å². The zero-order valence-corrected chi connectivity index (χ0v) is 15.4. The molecule has 0 spiro atoms. The van der Waals surface area contributed by atoms with Gasteiger partial charge in [-0.1, -0.05) is 6.07 Å². The zero-order chi connectivity index (χ0) is 19.7. The Morgan fingerprint density at radius 1 is 0.963 bits per heavy atom. The van der Waals surface area contributed by atoms with Gasteiger partial charge in [0.05, 0.1) is 33.4 Å². The molecule has 0 radical (unpaired) electrons. The molecule has 0 N–H and O–H groups in total. The van der Waals surface area contributed by atoms with E-state index in [1.807, 2.05) is 0 Å². The van der Waals surface area contributed by atoms with E-state index in [9.17, 15) is 14.9 Å². The zero-order valence-electron chi connectivity index (χ0n) is 15.4. The van der Waals surface area contributed by atoms with Crippen molar-refractivity contribution in [3.63, 3.8) is 0 Å². The number of carbonyl (C=O) groups excluding carboxylic acids is 1. The summed E-state index contributed by atoms with van der Waals surface area (Å²) in [5.41, 5.74) is 1.57. The summed E-state index contributed by atoms with van der Waals surface area (Å²) in [5, 5.41) is 11.4. The van der Waals surface area contributed by atoms with E-state index in [0.29, 0.717) is 33.9 Å². The Balaban J connectivity index is 2.22. The van der Waals surface area contributed by atoms with Crippen molar-refractivity contribution in [2.24, 2.45) is 0 Å². The third-order valence-corrected chi connectivity index (χ3v) is 4.71. The molecule has 142 valence electrons. The third kappa shape index (κ3) is 2.92. The first-order valence-corrected chi connectivity index (χ1v) is 8.15. The molecule has 1 unspecified atom stereocenters. The summed E-state index contributed by atoms with van der Waals surface area (Å²) < 4.78 is 21.3. The Morgan fingerprint density at radius 2 is 1.63 bits per heavy atom. The molecule has 0 bridgehead atoms. The highest BCUT2D eigenvalue weighted by molar-refractivity contribution is 6.04. The molecule has 2 aromatic rings. The maximum absolute atomic E-state index is 12.6. The molecule has 1 aliphatic rings. The predicted molar refractivity (Wildman–Crippen MR) is 96.5 cm³/mol. The molecule has 0 heterocycles. The summed E-state index contributed by atoms with van der Waals surface area (Å²) in [7, 11) is 5.81. The second kappa shape index (κ2) is 7.14. The maximum atomic E-state index is 12.6. The number of fused-ring (bicyclic) bond motifs is 1. The maximum Gasteiger partial charge on any atom is 0.311 e. The summed E-state index contributed by atoms with van der Waals surface area (Å²) in [6, 6.07) is 6.30. The van der Waals surface area contributed by atoms with E-state index in [1.165, 1.54) is 40.6 Å². The Bertz CT molecular complexity index is 923. The molecule has 8 heteroatoms. The van der Waals surface area contributed by atoms with Gasteiger partial charge in [0.1, 0.15) is 0 Å². The number of nitrogens with zero attached hydrogens (tertiary/aromatic N) is 1. The number of nitro groups is 1. The van der Waals surface area contributed by atoms with Crippen molar-refractivity contribution in [3.05, 3.63) is 51.1 Å². The molecule has 27 heavy (non-hydrogen) atoms. The second-order valence-electron chi connectivity index (χ2n) is 5.97. The van der Waals surface area contributed by atoms with E-state index < -0.39 is 10.8 Å². The molecule has 0 aliphatic heterocycles. The summed E-state index contributed by atoms with van der Waals surface area (Å²) in [5.74, 6) is 0.831. The van der Waals surface area contributed by atoms with Gasteiger partial charge in [0, 0.05) is 29.5 Å². The lowest BCUT2D eigenvalue weighted by Gasteiger charge is -2.19. The van der Waals surface area contributed by atoms with Crippen LogP contribution in [0.5, 0.6) is 23.0 Å². The minimum Gasteiger partial charge on any atom is -0.493 e. The first kappa shape index (κ1) is 18.5. The van der Waals surface area contributed by atoms with Crippen molar-refractivity contribution in [2.75, 3.05) is 28.4 Å². The Hall–Kier alpha value is -3.29. The normalized spacial score (nSPS) is 15.3. The van der Waals surface area contributed by atoms with Crippen LogP contribution >= 0.6 is 0 Å². The van der Waals surface area contributed by atoms with Crippen molar-refractivity contribution in [1.29, 1.82) is 0 Å². The van der Waals surface area contributed by atoms with Gasteiger partial charge in [-0.05, 0) is 17.7 Å². The minimum absolute atomic E-state index is 0.0901. The van der Waals surface area contributed by atoms with Crippen molar-refractivity contribution < 1.29 is 28.7 Å². The number of methoxy groups -OCH3 is 4. The molecular formula is C19H19NO7. The number of nitro benzene ring substituents is 1. The molecule has 1 atom stereocenters. The number of ether oxygens (including phenoxy) is 4. The third-order valence-electron chi connectivity index (χ3n) is 4.71. The molecule has 8 nitrogen and oxygen atoms in total. The summed E-state index contributed by atoms with van der Waals surface area (Å²) >= 11 is 0. The first-order chi connectivity index (χ1) is 13.0. The number of hydrogen-bond acceptors (Lipinski definition) is 7. The monoisotopic (exact) mass is 373 g/mol. The Labute approximate surface area is 155 Å². The molecular weight excluding hydrogens is 354 g/mol. The molecule has 3 rings (SSSR count). The molecule has 0 fully saturated rings. The van der Waals surface area contributed by atoms with E-state index in [1.54, 1.807) is 12.1 Å². The summed E-state index contributed by atoms with van der Waals surface area (Å²) in [4.78, 5) is 23.5. The van der Waals surface area contributed by atoms with Crippen molar-refractivity contribution in [1.82, 2.24) is 0 Å². The van der Waals surface area contributed by atoms with Gasteiger partial charge >= 0.3 is 5.69 Å². The Morgan fingerprint density at radius 3 is 2.19 bits per heavy atom. The fourth-order valence-electron chi connectivity index (χ4n) is 3.50. The fourth-order valence-corrected chi connectivity index (χ4v) is 3.50. The quantitative estimate of drug-likeness (QED) is 0.566.